The van der Waals surface area contributed by atoms with Crippen LogP contribution in [-0.4, -0.2) is 67.3 Å². The number of aliphatic imine (C=N–C) groups is 1. The van der Waals surface area contributed by atoms with Gasteiger partial charge in [-0.1, -0.05) is 32.0 Å². The molecular formula is C22H37N5OS. The van der Waals surface area contributed by atoms with E-state index in [2.05, 4.69) is 65.9 Å². The van der Waals surface area contributed by atoms with Gasteiger partial charge in [-0.25, -0.2) is 0 Å². The van der Waals surface area contributed by atoms with Crippen molar-refractivity contribution in [3.05, 3.63) is 30.3 Å². The lowest BCUT2D eigenvalue weighted by Crippen LogP contribution is -2.50. The topological polar surface area (TPSA) is 68.8 Å². The summed E-state index contributed by atoms with van der Waals surface area (Å²) < 4.78 is 0. The summed E-state index contributed by atoms with van der Waals surface area (Å²) in [5.41, 5.74) is 0. The van der Waals surface area contributed by atoms with Crippen LogP contribution in [0.2, 0.25) is 0 Å². The fourth-order valence-corrected chi connectivity index (χ4v) is 4.19. The summed E-state index contributed by atoms with van der Waals surface area (Å²) in [6.45, 7) is 11.2. The number of hydrogen-bond donors (Lipinski definition) is 3. The molecule has 1 aliphatic rings. The zero-order valence-corrected chi connectivity index (χ0v) is 18.9. The number of hydrogen-bond acceptors (Lipinski definition) is 4. The van der Waals surface area contributed by atoms with Gasteiger partial charge in [0.05, 0.1) is 13.1 Å². The minimum atomic E-state index is 0.137. The Kier molecular flexibility index (Phi) is 11.0. The highest BCUT2D eigenvalue weighted by Gasteiger charge is 2.21. The van der Waals surface area contributed by atoms with E-state index in [1.165, 1.54) is 4.90 Å². The van der Waals surface area contributed by atoms with Gasteiger partial charge < -0.3 is 16.0 Å². The Morgan fingerprint density at radius 1 is 1.21 bits per heavy atom. The molecule has 1 heterocycles. The molecule has 1 fully saturated rings. The van der Waals surface area contributed by atoms with Crippen LogP contribution >= 0.6 is 11.8 Å². The van der Waals surface area contributed by atoms with Gasteiger partial charge in [0.25, 0.3) is 0 Å². The highest BCUT2D eigenvalue weighted by molar-refractivity contribution is 8.00. The van der Waals surface area contributed by atoms with Crippen LogP contribution in [0, 0.1) is 0 Å². The molecule has 162 valence electrons. The van der Waals surface area contributed by atoms with Gasteiger partial charge in [0, 0.05) is 42.4 Å². The molecule has 0 saturated carbocycles. The number of nitrogens with zero attached hydrogens (tertiary/aromatic N) is 2. The van der Waals surface area contributed by atoms with Crippen molar-refractivity contribution in [2.24, 2.45) is 4.99 Å². The normalized spacial score (nSPS) is 17.0. The fourth-order valence-electron chi connectivity index (χ4n) is 3.26. The van der Waals surface area contributed by atoms with Crippen LogP contribution in [-0.2, 0) is 4.79 Å². The van der Waals surface area contributed by atoms with E-state index >= 15 is 0 Å². The summed E-state index contributed by atoms with van der Waals surface area (Å²) in [7, 11) is 0. The lowest BCUT2D eigenvalue weighted by atomic mass is 10.1. The number of thioether (sulfide) groups is 1. The Balaban J connectivity index is 1.75. The predicted molar refractivity (Wildman–Crippen MR) is 124 cm³/mol. The van der Waals surface area contributed by atoms with E-state index in [4.69, 9.17) is 4.99 Å². The minimum Gasteiger partial charge on any atom is -0.357 e. The van der Waals surface area contributed by atoms with Crippen molar-refractivity contribution in [1.82, 2.24) is 20.9 Å². The second-order valence-corrected chi connectivity index (χ2v) is 9.02. The van der Waals surface area contributed by atoms with Gasteiger partial charge in [-0.05, 0) is 38.3 Å². The monoisotopic (exact) mass is 419 g/mol. The minimum absolute atomic E-state index is 0.137. The van der Waals surface area contributed by atoms with Crippen LogP contribution in [0.1, 0.15) is 40.0 Å². The van der Waals surface area contributed by atoms with Crippen LogP contribution in [0.15, 0.2) is 40.2 Å². The van der Waals surface area contributed by atoms with Crippen molar-refractivity contribution in [3.63, 3.8) is 0 Å². The molecule has 0 aromatic heterocycles. The standard InChI is InChI=1S/C22H37N5OS/c1-4-13-24-21(28)17-27-14-11-19(12-15-27)26-22(23-5-2)25-16-18(3)29-20-9-7-6-8-10-20/h6-10,18-19H,4-5,11-17H2,1-3H3,(H,24,28)(H2,23,25,26). The van der Waals surface area contributed by atoms with Crippen LogP contribution in [0.4, 0.5) is 0 Å². The Bertz CT molecular complexity index is 617. The SMILES string of the molecule is CCCNC(=O)CN1CCC(NC(=NCC(C)Sc2ccccc2)NCC)CC1. The predicted octanol–water partition coefficient (Wildman–Crippen LogP) is 2.71. The molecule has 1 saturated heterocycles. The number of amides is 1. The third-order valence-corrected chi connectivity index (χ3v) is 5.89. The number of rotatable bonds is 10. The van der Waals surface area contributed by atoms with Crippen LogP contribution < -0.4 is 16.0 Å². The van der Waals surface area contributed by atoms with E-state index in [0.717, 1.165) is 57.9 Å². The van der Waals surface area contributed by atoms with Gasteiger partial charge in [0.1, 0.15) is 0 Å². The molecule has 0 radical (unpaired) electrons. The van der Waals surface area contributed by atoms with E-state index in [9.17, 15) is 4.79 Å². The first-order chi connectivity index (χ1) is 14.1. The third kappa shape index (κ3) is 9.54. The Labute approximate surface area is 180 Å². The molecule has 7 heteroatoms. The highest BCUT2D eigenvalue weighted by Crippen LogP contribution is 2.22. The van der Waals surface area contributed by atoms with Gasteiger partial charge in [0.15, 0.2) is 5.96 Å². The average molecular weight is 420 g/mol. The first-order valence-corrected chi connectivity index (χ1v) is 11.7. The van der Waals surface area contributed by atoms with Gasteiger partial charge >= 0.3 is 0 Å². The Hall–Kier alpha value is -1.73. The van der Waals surface area contributed by atoms with Gasteiger partial charge in [-0.15, -0.1) is 11.8 Å². The first-order valence-electron chi connectivity index (χ1n) is 10.9. The molecule has 29 heavy (non-hydrogen) atoms. The molecule has 1 atom stereocenters. The third-order valence-electron chi connectivity index (χ3n) is 4.80. The lowest BCUT2D eigenvalue weighted by molar-refractivity contribution is -0.122. The molecule has 3 N–H and O–H groups in total. The lowest BCUT2D eigenvalue weighted by Gasteiger charge is -2.32. The van der Waals surface area contributed by atoms with E-state index in [1.54, 1.807) is 0 Å². The summed E-state index contributed by atoms with van der Waals surface area (Å²) in [5, 5.41) is 10.3. The first kappa shape index (κ1) is 23.5. The van der Waals surface area contributed by atoms with Crippen molar-refractivity contribution >= 4 is 23.6 Å². The number of guanidine groups is 1. The van der Waals surface area contributed by atoms with E-state index in [0.29, 0.717) is 17.8 Å². The largest absolute Gasteiger partial charge is 0.357 e. The van der Waals surface area contributed by atoms with Crippen molar-refractivity contribution in [1.29, 1.82) is 0 Å². The van der Waals surface area contributed by atoms with Crippen molar-refractivity contribution < 1.29 is 4.79 Å². The number of benzene rings is 1. The molecule has 2 rings (SSSR count). The van der Waals surface area contributed by atoms with Gasteiger partial charge in [-0.3, -0.25) is 14.7 Å². The molecule has 1 aromatic rings. The second-order valence-electron chi connectivity index (χ2n) is 7.51. The molecule has 1 amide bonds. The summed E-state index contributed by atoms with van der Waals surface area (Å²) >= 11 is 1.85. The zero-order chi connectivity index (χ0) is 20.9. The molecule has 6 nitrogen and oxygen atoms in total. The quantitative estimate of drug-likeness (QED) is 0.309. The second kappa shape index (κ2) is 13.5. The van der Waals surface area contributed by atoms with Gasteiger partial charge in [-0.2, -0.15) is 0 Å². The van der Waals surface area contributed by atoms with Crippen molar-refractivity contribution in [2.75, 3.05) is 39.3 Å². The summed E-state index contributed by atoms with van der Waals surface area (Å²) in [6, 6.07) is 10.9. The highest BCUT2D eigenvalue weighted by atomic mass is 32.2. The number of carbonyl (C=O) groups excluding carboxylic acids is 1. The molecular weight excluding hydrogens is 382 g/mol. The number of piperidine rings is 1. The molecule has 0 spiro atoms. The number of nitrogens with one attached hydrogen (secondary N) is 3. The number of carbonyl (C=O) groups is 1. The van der Waals surface area contributed by atoms with Crippen LogP contribution in [0.3, 0.4) is 0 Å². The maximum absolute atomic E-state index is 11.9. The van der Waals surface area contributed by atoms with Crippen molar-refractivity contribution in [3.8, 4) is 0 Å². The summed E-state index contributed by atoms with van der Waals surface area (Å²) in [4.78, 5) is 20.2. The molecule has 0 aliphatic carbocycles. The maximum atomic E-state index is 11.9. The molecule has 0 bridgehead atoms. The van der Waals surface area contributed by atoms with Gasteiger partial charge in [0.2, 0.25) is 5.91 Å². The van der Waals surface area contributed by atoms with E-state index in [-0.39, 0.29) is 5.91 Å². The number of likely N-dealkylation sites (tertiary alicyclic amines) is 1. The maximum Gasteiger partial charge on any atom is 0.234 e. The van der Waals surface area contributed by atoms with Crippen LogP contribution in [0.5, 0.6) is 0 Å². The zero-order valence-electron chi connectivity index (χ0n) is 18.1. The molecule has 1 unspecified atom stereocenters. The molecule has 1 aromatic carbocycles. The average Bonchev–Trinajstić information content (AvgIpc) is 2.73. The van der Waals surface area contributed by atoms with Crippen LogP contribution in [0.25, 0.3) is 0 Å². The van der Waals surface area contributed by atoms with E-state index in [1.807, 2.05) is 17.8 Å². The van der Waals surface area contributed by atoms with E-state index < -0.39 is 0 Å². The summed E-state index contributed by atoms with van der Waals surface area (Å²) in [5.74, 6) is 1.03. The van der Waals surface area contributed by atoms with Crippen molar-refractivity contribution in [2.45, 2.75) is 56.2 Å². The fraction of sp³-hybridized carbons (Fsp3) is 0.636. The summed E-state index contributed by atoms with van der Waals surface area (Å²) in [6.07, 6.45) is 3.03. The smallest absolute Gasteiger partial charge is 0.234 e. The molecule has 1 aliphatic heterocycles. The Morgan fingerprint density at radius 2 is 1.93 bits per heavy atom. The Morgan fingerprint density at radius 3 is 2.59 bits per heavy atom.